The van der Waals surface area contributed by atoms with Crippen LogP contribution in [0.15, 0.2) is 18.2 Å². The first-order chi connectivity index (χ1) is 9.74. The number of benzene rings is 1. The molecule has 2 N–H and O–H groups in total. The van der Waals surface area contributed by atoms with Crippen molar-refractivity contribution in [1.29, 1.82) is 0 Å². The fourth-order valence-electron chi connectivity index (χ4n) is 3.37. The lowest BCUT2D eigenvalue weighted by atomic mass is 9.88. The monoisotopic (exact) mass is 272 g/mol. The van der Waals surface area contributed by atoms with Crippen LogP contribution in [0.25, 0.3) is 0 Å². The van der Waals surface area contributed by atoms with Gasteiger partial charge in [0.2, 0.25) is 0 Å². The zero-order valence-electron chi connectivity index (χ0n) is 12.2. The van der Waals surface area contributed by atoms with Gasteiger partial charge in [-0.2, -0.15) is 0 Å². The van der Waals surface area contributed by atoms with Crippen molar-refractivity contribution in [2.24, 2.45) is 11.8 Å². The topological polar surface area (TPSA) is 41.1 Å². The minimum absolute atomic E-state index is 0.0810. The fourth-order valence-corrected chi connectivity index (χ4v) is 3.37. The highest BCUT2D eigenvalue weighted by molar-refractivity contribution is 5.94. The molecule has 1 saturated heterocycles. The van der Waals surface area contributed by atoms with Crippen molar-refractivity contribution in [2.75, 3.05) is 19.6 Å². The van der Waals surface area contributed by atoms with E-state index in [-0.39, 0.29) is 5.91 Å². The maximum absolute atomic E-state index is 12.3. The van der Waals surface area contributed by atoms with Crippen LogP contribution in [0.5, 0.6) is 0 Å². The summed E-state index contributed by atoms with van der Waals surface area (Å²) in [6.45, 7) is 5.19. The standard InChI is InChI=1S/C17H24N2O/c1-12-7-8-18-10-16(12)11-19-17(20)15-6-5-13-3-2-4-14(13)9-15/h5-6,9,12,16,18H,2-4,7-8,10-11H2,1H3,(H,19,20). The molecule has 0 saturated carbocycles. The Morgan fingerprint density at radius 3 is 3.05 bits per heavy atom. The Morgan fingerprint density at radius 2 is 2.20 bits per heavy atom. The second kappa shape index (κ2) is 5.96. The van der Waals surface area contributed by atoms with Gasteiger partial charge in [-0.15, -0.1) is 0 Å². The van der Waals surface area contributed by atoms with Crippen LogP contribution in [-0.2, 0) is 12.8 Å². The summed E-state index contributed by atoms with van der Waals surface area (Å²) in [6.07, 6.45) is 4.73. The molecule has 3 rings (SSSR count). The molecule has 0 radical (unpaired) electrons. The number of rotatable bonds is 3. The maximum Gasteiger partial charge on any atom is 0.251 e. The first-order valence-corrected chi connectivity index (χ1v) is 7.85. The van der Waals surface area contributed by atoms with Gasteiger partial charge in [0, 0.05) is 12.1 Å². The summed E-state index contributed by atoms with van der Waals surface area (Å²) in [4.78, 5) is 12.3. The van der Waals surface area contributed by atoms with Crippen LogP contribution in [0, 0.1) is 11.8 Å². The third-order valence-electron chi connectivity index (χ3n) is 4.87. The van der Waals surface area contributed by atoms with Gasteiger partial charge in [-0.05, 0) is 73.9 Å². The highest BCUT2D eigenvalue weighted by Gasteiger charge is 2.22. The van der Waals surface area contributed by atoms with Gasteiger partial charge in [-0.1, -0.05) is 13.0 Å². The Bertz CT molecular complexity index is 498. The third-order valence-corrected chi connectivity index (χ3v) is 4.87. The van der Waals surface area contributed by atoms with E-state index in [0.717, 1.165) is 31.6 Å². The lowest BCUT2D eigenvalue weighted by molar-refractivity contribution is 0.0939. The van der Waals surface area contributed by atoms with Gasteiger partial charge in [0.1, 0.15) is 0 Å². The van der Waals surface area contributed by atoms with Crippen molar-refractivity contribution >= 4 is 5.91 Å². The number of fused-ring (bicyclic) bond motifs is 1. The Balaban J connectivity index is 1.59. The molecule has 1 heterocycles. The number of piperidine rings is 1. The third kappa shape index (κ3) is 2.88. The minimum atomic E-state index is 0.0810. The molecule has 2 atom stereocenters. The van der Waals surface area contributed by atoms with E-state index in [1.165, 1.54) is 30.4 Å². The van der Waals surface area contributed by atoms with Gasteiger partial charge >= 0.3 is 0 Å². The summed E-state index contributed by atoms with van der Waals surface area (Å²) in [5.41, 5.74) is 3.61. The molecule has 1 fully saturated rings. The van der Waals surface area contributed by atoms with Crippen molar-refractivity contribution in [3.05, 3.63) is 34.9 Å². The molecule has 0 bridgehead atoms. The van der Waals surface area contributed by atoms with Crippen LogP contribution >= 0.6 is 0 Å². The maximum atomic E-state index is 12.3. The van der Waals surface area contributed by atoms with Crippen molar-refractivity contribution in [2.45, 2.75) is 32.6 Å². The quantitative estimate of drug-likeness (QED) is 0.885. The number of amides is 1. The van der Waals surface area contributed by atoms with Crippen molar-refractivity contribution < 1.29 is 4.79 Å². The summed E-state index contributed by atoms with van der Waals surface area (Å²) in [6, 6.07) is 6.18. The molecular weight excluding hydrogens is 248 g/mol. The van der Waals surface area contributed by atoms with Gasteiger partial charge in [0.05, 0.1) is 0 Å². The predicted molar refractivity (Wildman–Crippen MR) is 80.9 cm³/mol. The molecule has 1 aliphatic heterocycles. The largest absolute Gasteiger partial charge is 0.352 e. The second-order valence-corrected chi connectivity index (χ2v) is 6.28. The second-order valence-electron chi connectivity index (χ2n) is 6.28. The van der Waals surface area contributed by atoms with Crippen molar-refractivity contribution in [3.8, 4) is 0 Å². The summed E-state index contributed by atoms with van der Waals surface area (Å²) < 4.78 is 0. The zero-order chi connectivity index (χ0) is 13.9. The first-order valence-electron chi connectivity index (χ1n) is 7.85. The number of nitrogens with one attached hydrogen (secondary N) is 2. The summed E-state index contributed by atoms with van der Waals surface area (Å²) in [5, 5.41) is 6.52. The number of carbonyl (C=O) groups is 1. The van der Waals surface area contributed by atoms with Gasteiger partial charge in [0.15, 0.2) is 0 Å². The highest BCUT2D eigenvalue weighted by atomic mass is 16.1. The summed E-state index contributed by atoms with van der Waals surface area (Å²) in [7, 11) is 0. The minimum Gasteiger partial charge on any atom is -0.352 e. The lowest BCUT2D eigenvalue weighted by Crippen LogP contribution is -2.42. The average Bonchev–Trinajstić information content (AvgIpc) is 2.93. The molecule has 3 heteroatoms. The van der Waals surface area contributed by atoms with E-state index in [9.17, 15) is 4.79 Å². The number of aryl methyl sites for hydroxylation is 2. The molecule has 108 valence electrons. The summed E-state index contributed by atoms with van der Waals surface area (Å²) >= 11 is 0. The van der Waals surface area contributed by atoms with Crippen LogP contribution in [-0.4, -0.2) is 25.5 Å². The molecule has 0 spiro atoms. The fraction of sp³-hybridized carbons (Fsp3) is 0.588. The highest BCUT2D eigenvalue weighted by Crippen LogP contribution is 2.23. The Kier molecular flexibility index (Phi) is 4.06. The Labute approximate surface area is 121 Å². The van der Waals surface area contributed by atoms with E-state index in [1.54, 1.807) is 0 Å². The number of hydrogen-bond donors (Lipinski definition) is 2. The molecule has 3 nitrogen and oxygen atoms in total. The van der Waals surface area contributed by atoms with Crippen LogP contribution in [0.2, 0.25) is 0 Å². The molecule has 1 aromatic rings. The lowest BCUT2D eigenvalue weighted by Gasteiger charge is -2.29. The van der Waals surface area contributed by atoms with E-state index in [2.05, 4.69) is 29.7 Å². The molecule has 0 aromatic heterocycles. The van der Waals surface area contributed by atoms with Crippen LogP contribution < -0.4 is 10.6 Å². The summed E-state index contributed by atoms with van der Waals surface area (Å²) in [5.74, 6) is 1.33. The van der Waals surface area contributed by atoms with Crippen molar-refractivity contribution in [3.63, 3.8) is 0 Å². The van der Waals surface area contributed by atoms with E-state index < -0.39 is 0 Å². The van der Waals surface area contributed by atoms with E-state index in [0.29, 0.717) is 11.8 Å². The van der Waals surface area contributed by atoms with E-state index in [1.807, 2.05) is 6.07 Å². The Hall–Kier alpha value is -1.35. The molecule has 1 amide bonds. The van der Waals surface area contributed by atoms with E-state index in [4.69, 9.17) is 0 Å². The molecule has 1 aliphatic carbocycles. The van der Waals surface area contributed by atoms with E-state index >= 15 is 0 Å². The van der Waals surface area contributed by atoms with Crippen LogP contribution in [0.4, 0.5) is 0 Å². The smallest absolute Gasteiger partial charge is 0.251 e. The van der Waals surface area contributed by atoms with Gasteiger partial charge < -0.3 is 10.6 Å². The van der Waals surface area contributed by atoms with Gasteiger partial charge in [-0.3, -0.25) is 4.79 Å². The van der Waals surface area contributed by atoms with Gasteiger partial charge in [0.25, 0.3) is 5.91 Å². The number of carbonyl (C=O) groups excluding carboxylic acids is 1. The molecule has 20 heavy (non-hydrogen) atoms. The van der Waals surface area contributed by atoms with Crippen LogP contribution in [0.3, 0.4) is 0 Å². The Morgan fingerprint density at radius 1 is 1.35 bits per heavy atom. The number of hydrogen-bond acceptors (Lipinski definition) is 2. The molecule has 1 aromatic carbocycles. The SMILES string of the molecule is CC1CCNCC1CNC(=O)c1ccc2c(c1)CCC2. The predicted octanol–water partition coefficient (Wildman–Crippen LogP) is 2.15. The molecule has 2 aliphatic rings. The van der Waals surface area contributed by atoms with Crippen LogP contribution in [0.1, 0.15) is 41.3 Å². The average molecular weight is 272 g/mol. The van der Waals surface area contributed by atoms with Crippen molar-refractivity contribution in [1.82, 2.24) is 10.6 Å². The molecule has 2 unspecified atom stereocenters. The molecular formula is C17H24N2O. The normalized spacial score (nSPS) is 25.2. The zero-order valence-corrected chi connectivity index (χ0v) is 12.2. The van der Waals surface area contributed by atoms with Gasteiger partial charge in [-0.25, -0.2) is 0 Å². The first kappa shape index (κ1) is 13.6.